The number of nitrogens with one attached hydrogen (secondary N) is 1. The van der Waals surface area contributed by atoms with Crippen molar-refractivity contribution in [2.45, 2.75) is 24.0 Å². The molecule has 18 heavy (non-hydrogen) atoms. The van der Waals surface area contributed by atoms with E-state index >= 15 is 0 Å². The van der Waals surface area contributed by atoms with Gasteiger partial charge in [-0.15, -0.1) is 0 Å². The first-order valence-corrected chi connectivity index (χ1v) is 6.42. The summed E-state index contributed by atoms with van der Waals surface area (Å²) in [5.41, 5.74) is 0. The van der Waals surface area contributed by atoms with Gasteiger partial charge in [0.1, 0.15) is 16.8 Å². The molecule has 1 aromatic rings. The SMILES string of the molecule is CC(O)C(NS(=O)(=O)c1ccccc1F)C(=O)O. The molecule has 8 heteroatoms. The molecule has 0 aromatic heterocycles. The molecule has 2 atom stereocenters. The van der Waals surface area contributed by atoms with E-state index in [2.05, 4.69) is 0 Å². The van der Waals surface area contributed by atoms with Gasteiger partial charge in [-0.3, -0.25) is 4.79 Å². The van der Waals surface area contributed by atoms with Crippen molar-refractivity contribution in [3.05, 3.63) is 30.1 Å². The third-order valence-electron chi connectivity index (χ3n) is 2.16. The summed E-state index contributed by atoms with van der Waals surface area (Å²) in [5.74, 6) is -2.55. The number of benzene rings is 1. The molecule has 0 fully saturated rings. The Morgan fingerprint density at radius 3 is 2.39 bits per heavy atom. The number of sulfonamides is 1. The highest BCUT2D eigenvalue weighted by Crippen LogP contribution is 2.14. The van der Waals surface area contributed by atoms with Crippen LogP contribution >= 0.6 is 0 Å². The zero-order chi connectivity index (χ0) is 13.9. The van der Waals surface area contributed by atoms with Crippen LogP contribution in [0.1, 0.15) is 6.92 Å². The van der Waals surface area contributed by atoms with Crippen molar-refractivity contribution in [3.8, 4) is 0 Å². The summed E-state index contributed by atoms with van der Waals surface area (Å²) in [6, 6.07) is 2.80. The molecule has 100 valence electrons. The second-order valence-electron chi connectivity index (χ2n) is 3.61. The van der Waals surface area contributed by atoms with Gasteiger partial charge >= 0.3 is 5.97 Å². The fourth-order valence-corrected chi connectivity index (χ4v) is 2.59. The molecule has 1 aromatic carbocycles. The normalized spacial score (nSPS) is 15.1. The fraction of sp³-hybridized carbons (Fsp3) is 0.300. The van der Waals surface area contributed by atoms with Gasteiger partial charge in [-0.2, -0.15) is 4.72 Å². The number of hydrogen-bond acceptors (Lipinski definition) is 4. The average molecular weight is 277 g/mol. The van der Waals surface area contributed by atoms with Crippen LogP contribution in [0.25, 0.3) is 0 Å². The van der Waals surface area contributed by atoms with Crippen LogP contribution in [-0.2, 0) is 14.8 Å². The van der Waals surface area contributed by atoms with Crippen molar-refractivity contribution in [2.75, 3.05) is 0 Å². The van der Waals surface area contributed by atoms with Crippen LogP contribution in [0.15, 0.2) is 29.2 Å². The summed E-state index contributed by atoms with van der Waals surface area (Å²) in [4.78, 5) is 10.1. The van der Waals surface area contributed by atoms with E-state index in [9.17, 15) is 17.6 Å². The molecule has 1 rings (SSSR count). The van der Waals surface area contributed by atoms with Crippen LogP contribution in [0.3, 0.4) is 0 Å². The number of carbonyl (C=O) groups is 1. The van der Waals surface area contributed by atoms with E-state index in [1.807, 2.05) is 0 Å². The van der Waals surface area contributed by atoms with Gasteiger partial charge < -0.3 is 10.2 Å². The largest absolute Gasteiger partial charge is 0.480 e. The average Bonchev–Trinajstić information content (AvgIpc) is 2.25. The number of carboxylic acid groups (broad SMARTS) is 1. The highest BCUT2D eigenvalue weighted by atomic mass is 32.2. The molecule has 0 heterocycles. The zero-order valence-electron chi connectivity index (χ0n) is 9.37. The second kappa shape index (κ2) is 5.42. The topological polar surface area (TPSA) is 104 Å². The van der Waals surface area contributed by atoms with Crippen molar-refractivity contribution in [1.82, 2.24) is 4.72 Å². The van der Waals surface area contributed by atoms with Crippen LogP contribution in [0.4, 0.5) is 4.39 Å². The molecule has 0 aliphatic carbocycles. The van der Waals surface area contributed by atoms with E-state index in [1.54, 1.807) is 4.72 Å². The minimum atomic E-state index is -4.35. The Kier molecular flexibility index (Phi) is 4.38. The maximum Gasteiger partial charge on any atom is 0.324 e. The molecule has 3 N–H and O–H groups in total. The molecular weight excluding hydrogens is 265 g/mol. The number of aliphatic hydroxyl groups excluding tert-OH is 1. The van der Waals surface area contributed by atoms with Crippen LogP contribution in [0.2, 0.25) is 0 Å². The molecule has 0 bridgehead atoms. The molecule has 0 radical (unpaired) electrons. The number of rotatable bonds is 5. The van der Waals surface area contributed by atoms with Gasteiger partial charge in [-0.1, -0.05) is 12.1 Å². The molecule has 0 saturated carbocycles. The molecule has 6 nitrogen and oxygen atoms in total. The fourth-order valence-electron chi connectivity index (χ4n) is 1.25. The Morgan fingerprint density at radius 1 is 1.39 bits per heavy atom. The Hall–Kier alpha value is -1.51. The number of aliphatic hydroxyl groups is 1. The molecule has 2 unspecified atom stereocenters. The van der Waals surface area contributed by atoms with Gasteiger partial charge in [0.15, 0.2) is 0 Å². The first-order valence-electron chi connectivity index (χ1n) is 4.93. The molecular formula is C10H12FNO5S. The minimum absolute atomic E-state index is 0.670. The van der Waals surface area contributed by atoms with Crippen molar-refractivity contribution >= 4 is 16.0 Å². The first-order chi connectivity index (χ1) is 8.25. The zero-order valence-corrected chi connectivity index (χ0v) is 10.2. The lowest BCUT2D eigenvalue weighted by Gasteiger charge is -2.17. The lowest BCUT2D eigenvalue weighted by molar-refractivity contribution is -0.141. The Bertz CT molecular complexity index is 543. The van der Waals surface area contributed by atoms with Crippen molar-refractivity contribution in [3.63, 3.8) is 0 Å². The van der Waals surface area contributed by atoms with Gasteiger partial charge in [-0.25, -0.2) is 12.8 Å². The Balaban J connectivity index is 3.09. The van der Waals surface area contributed by atoms with E-state index in [0.29, 0.717) is 0 Å². The summed E-state index contributed by atoms with van der Waals surface area (Å²) < 4.78 is 38.5. The van der Waals surface area contributed by atoms with E-state index in [0.717, 1.165) is 19.1 Å². The van der Waals surface area contributed by atoms with Crippen molar-refractivity contribution in [1.29, 1.82) is 0 Å². The highest BCUT2D eigenvalue weighted by Gasteiger charge is 2.30. The summed E-state index contributed by atoms with van der Waals surface area (Å²) in [6.45, 7) is 1.11. The maximum atomic E-state index is 13.3. The quantitative estimate of drug-likeness (QED) is 0.699. The smallest absolute Gasteiger partial charge is 0.324 e. The van der Waals surface area contributed by atoms with Gasteiger partial charge in [0.05, 0.1) is 6.10 Å². The molecule has 0 spiro atoms. The van der Waals surface area contributed by atoms with Crippen LogP contribution in [0, 0.1) is 5.82 Å². The lowest BCUT2D eigenvalue weighted by Crippen LogP contribution is -2.47. The number of hydrogen-bond donors (Lipinski definition) is 3. The molecule has 0 amide bonds. The Morgan fingerprint density at radius 2 is 1.94 bits per heavy atom. The number of carboxylic acids is 1. The van der Waals surface area contributed by atoms with Gasteiger partial charge in [0.2, 0.25) is 10.0 Å². The molecule has 0 aliphatic heterocycles. The summed E-state index contributed by atoms with van der Waals surface area (Å²) in [6.07, 6.45) is -1.45. The third-order valence-corrected chi connectivity index (χ3v) is 3.63. The van der Waals surface area contributed by atoms with Crippen LogP contribution < -0.4 is 4.72 Å². The number of aliphatic carboxylic acids is 1. The van der Waals surface area contributed by atoms with Gasteiger partial charge in [-0.05, 0) is 19.1 Å². The molecule has 0 saturated heterocycles. The lowest BCUT2D eigenvalue weighted by atomic mass is 10.2. The standard InChI is InChI=1S/C10H12FNO5S/c1-6(13)9(10(14)15)12-18(16,17)8-5-3-2-4-7(8)11/h2-6,9,12-13H,1H3,(H,14,15). The third kappa shape index (κ3) is 3.25. The highest BCUT2D eigenvalue weighted by molar-refractivity contribution is 7.89. The second-order valence-corrected chi connectivity index (χ2v) is 5.29. The van der Waals surface area contributed by atoms with Gasteiger partial charge in [0, 0.05) is 0 Å². The van der Waals surface area contributed by atoms with E-state index in [1.165, 1.54) is 12.1 Å². The van der Waals surface area contributed by atoms with Gasteiger partial charge in [0.25, 0.3) is 0 Å². The summed E-state index contributed by atoms with van der Waals surface area (Å²) in [5, 5.41) is 17.9. The Labute approximate surface area is 103 Å². The number of halogens is 1. The van der Waals surface area contributed by atoms with Crippen molar-refractivity contribution < 1.29 is 27.8 Å². The van der Waals surface area contributed by atoms with E-state index in [-0.39, 0.29) is 0 Å². The van der Waals surface area contributed by atoms with Crippen LogP contribution in [0.5, 0.6) is 0 Å². The minimum Gasteiger partial charge on any atom is -0.480 e. The monoisotopic (exact) mass is 277 g/mol. The predicted molar refractivity (Wildman–Crippen MR) is 59.8 cm³/mol. The maximum absolute atomic E-state index is 13.3. The van der Waals surface area contributed by atoms with E-state index < -0.39 is 38.9 Å². The summed E-state index contributed by atoms with van der Waals surface area (Å²) >= 11 is 0. The van der Waals surface area contributed by atoms with Crippen molar-refractivity contribution in [2.24, 2.45) is 0 Å². The van der Waals surface area contributed by atoms with E-state index in [4.69, 9.17) is 10.2 Å². The first kappa shape index (κ1) is 14.6. The summed E-state index contributed by atoms with van der Waals surface area (Å²) in [7, 11) is -4.35. The molecule has 0 aliphatic rings. The van der Waals surface area contributed by atoms with Crippen LogP contribution in [-0.4, -0.2) is 36.7 Å². The predicted octanol–water partition coefficient (Wildman–Crippen LogP) is -0.0620.